The highest BCUT2D eigenvalue weighted by Crippen LogP contribution is 2.31. The fourth-order valence-corrected chi connectivity index (χ4v) is 2.27. The van der Waals surface area contributed by atoms with Crippen LogP contribution in [0, 0.1) is 0 Å². The van der Waals surface area contributed by atoms with Gasteiger partial charge in [0.05, 0.1) is 5.69 Å². The quantitative estimate of drug-likeness (QED) is 0.674. The summed E-state index contributed by atoms with van der Waals surface area (Å²) in [7, 11) is 1.90. The van der Waals surface area contributed by atoms with Gasteiger partial charge in [-0.1, -0.05) is 0 Å². The Hall–Kier alpha value is -1.88. The summed E-state index contributed by atoms with van der Waals surface area (Å²) < 4.78 is 0. The van der Waals surface area contributed by atoms with Crippen LogP contribution in [0.4, 0.5) is 0 Å². The third kappa shape index (κ3) is 1.97. The molecule has 90 valence electrons. The predicted octanol–water partition coefficient (Wildman–Crippen LogP) is -0.247. The molecular formula is C13H14BN3O. The molecule has 1 aliphatic rings. The maximum absolute atomic E-state index is 10.1. The summed E-state index contributed by atoms with van der Waals surface area (Å²) in [6.45, 7) is 1.82. The minimum Gasteiger partial charge on any atom is -0.507 e. The first-order valence-corrected chi connectivity index (χ1v) is 6.10. The summed E-state index contributed by atoms with van der Waals surface area (Å²) >= 11 is 0. The molecule has 0 bridgehead atoms. The van der Waals surface area contributed by atoms with Crippen LogP contribution in [0.5, 0.6) is 5.75 Å². The first kappa shape index (κ1) is 11.2. The molecule has 2 heterocycles. The number of benzene rings is 1. The van der Waals surface area contributed by atoms with Gasteiger partial charge in [-0.05, 0) is 48.4 Å². The summed E-state index contributed by atoms with van der Waals surface area (Å²) in [5, 5.41) is 21.6. The van der Waals surface area contributed by atoms with Crippen molar-refractivity contribution in [1.82, 2.24) is 15.5 Å². The van der Waals surface area contributed by atoms with Gasteiger partial charge in [-0.3, -0.25) is 0 Å². The molecule has 0 spiro atoms. The van der Waals surface area contributed by atoms with Crippen molar-refractivity contribution in [3.63, 3.8) is 0 Å². The molecule has 0 fully saturated rings. The molecule has 0 saturated heterocycles. The van der Waals surface area contributed by atoms with Crippen LogP contribution in [0.3, 0.4) is 0 Å². The number of aromatic nitrogens is 2. The Morgan fingerprint density at radius 1 is 1.17 bits per heavy atom. The summed E-state index contributed by atoms with van der Waals surface area (Å²) in [6.07, 6.45) is 0.961. The second-order valence-corrected chi connectivity index (χ2v) is 4.62. The fraction of sp³-hybridized carbons (Fsp3) is 0.231. The highest BCUT2D eigenvalue weighted by molar-refractivity contribution is 6.30. The van der Waals surface area contributed by atoms with Crippen molar-refractivity contribution in [3.05, 3.63) is 35.4 Å². The highest BCUT2D eigenvalue weighted by Gasteiger charge is 2.14. The number of phenolic OH excluding ortho intramolecular Hbond substituents is 1. The average molecular weight is 239 g/mol. The topological polar surface area (TPSA) is 58.0 Å². The Labute approximate surface area is 106 Å². The maximum Gasteiger partial charge on any atom is 0.166 e. The molecule has 2 N–H and O–H groups in total. The van der Waals surface area contributed by atoms with Crippen molar-refractivity contribution in [2.45, 2.75) is 13.0 Å². The van der Waals surface area contributed by atoms with Gasteiger partial charge in [0.15, 0.2) is 7.85 Å². The largest absolute Gasteiger partial charge is 0.507 e. The van der Waals surface area contributed by atoms with Crippen molar-refractivity contribution in [2.75, 3.05) is 6.54 Å². The Balaban J connectivity index is 2.09. The van der Waals surface area contributed by atoms with E-state index in [1.807, 2.05) is 32.1 Å². The van der Waals surface area contributed by atoms with E-state index in [2.05, 4.69) is 15.5 Å². The number of nitrogens with one attached hydrogen (secondary N) is 1. The average Bonchev–Trinajstić information content (AvgIpc) is 2.39. The number of hydrogen-bond acceptors (Lipinski definition) is 4. The zero-order chi connectivity index (χ0) is 12.5. The van der Waals surface area contributed by atoms with Crippen molar-refractivity contribution in [3.8, 4) is 17.0 Å². The minimum absolute atomic E-state index is 0.286. The van der Waals surface area contributed by atoms with Gasteiger partial charge in [0, 0.05) is 17.7 Å². The van der Waals surface area contributed by atoms with Gasteiger partial charge in [0.25, 0.3) is 0 Å². The molecular weight excluding hydrogens is 225 g/mol. The summed E-state index contributed by atoms with van der Waals surface area (Å²) in [5.41, 5.74) is 4.79. The van der Waals surface area contributed by atoms with Crippen LogP contribution in [-0.2, 0) is 13.0 Å². The van der Waals surface area contributed by atoms with Crippen LogP contribution >= 0.6 is 0 Å². The molecule has 0 aliphatic carbocycles. The zero-order valence-corrected chi connectivity index (χ0v) is 10.3. The third-order valence-electron chi connectivity index (χ3n) is 3.28. The Bertz CT molecular complexity index is 584. The molecule has 0 saturated carbocycles. The van der Waals surface area contributed by atoms with E-state index in [9.17, 15) is 5.11 Å². The lowest BCUT2D eigenvalue weighted by atomic mass is 9.96. The van der Waals surface area contributed by atoms with Crippen LogP contribution in [-0.4, -0.2) is 29.7 Å². The first-order chi connectivity index (χ1) is 8.74. The lowest BCUT2D eigenvalue weighted by molar-refractivity contribution is 0.474. The maximum atomic E-state index is 10.1. The molecule has 2 aromatic rings. The number of fused-ring (bicyclic) bond motifs is 1. The van der Waals surface area contributed by atoms with E-state index >= 15 is 0 Å². The van der Waals surface area contributed by atoms with E-state index in [0.29, 0.717) is 5.69 Å². The van der Waals surface area contributed by atoms with Crippen molar-refractivity contribution in [1.29, 1.82) is 0 Å². The number of aromatic hydroxyl groups is 1. The lowest BCUT2D eigenvalue weighted by Gasteiger charge is -2.18. The Kier molecular flexibility index (Phi) is 2.76. The van der Waals surface area contributed by atoms with Crippen molar-refractivity contribution >= 4 is 13.4 Å². The van der Waals surface area contributed by atoms with E-state index in [1.54, 1.807) is 0 Å². The summed E-state index contributed by atoms with van der Waals surface area (Å²) in [5.74, 6) is 0.286. The van der Waals surface area contributed by atoms with Crippen molar-refractivity contribution < 1.29 is 5.11 Å². The monoisotopic (exact) mass is 239 g/mol. The smallest absolute Gasteiger partial charge is 0.166 e. The molecule has 0 atom stereocenters. The molecule has 0 unspecified atom stereocenters. The van der Waals surface area contributed by atoms with Gasteiger partial charge in [-0.25, -0.2) is 0 Å². The second-order valence-electron chi connectivity index (χ2n) is 4.62. The number of nitrogens with zero attached hydrogens (tertiary/aromatic N) is 2. The number of rotatable bonds is 1. The van der Waals surface area contributed by atoms with Gasteiger partial charge in [0.2, 0.25) is 0 Å². The van der Waals surface area contributed by atoms with Gasteiger partial charge >= 0.3 is 0 Å². The Morgan fingerprint density at radius 3 is 2.83 bits per heavy atom. The lowest BCUT2D eigenvalue weighted by Crippen LogP contribution is -2.23. The second kappa shape index (κ2) is 4.42. The van der Waals surface area contributed by atoms with Gasteiger partial charge in [-0.15, -0.1) is 0 Å². The zero-order valence-electron chi connectivity index (χ0n) is 10.3. The molecule has 4 nitrogen and oxygen atoms in total. The van der Waals surface area contributed by atoms with E-state index in [-0.39, 0.29) is 5.75 Å². The van der Waals surface area contributed by atoms with Crippen LogP contribution < -0.4 is 10.9 Å². The first-order valence-electron chi connectivity index (χ1n) is 6.10. The Morgan fingerprint density at radius 2 is 2.06 bits per heavy atom. The molecule has 18 heavy (non-hydrogen) atoms. The standard InChI is InChI=1S/C13H14BN3O/c14-13-2-1-11(16-17-13)10-5-9-7-15-4-3-8(9)6-12(10)18/h1-2,5-6,15,18H,3-4,7,14H2. The summed E-state index contributed by atoms with van der Waals surface area (Å²) in [6, 6.07) is 7.66. The molecule has 0 radical (unpaired) electrons. The van der Waals surface area contributed by atoms with Crippen LogP contribution in [0.1, 0.15) is 11.1 Å². The van der Waals surface area contributed by atoms with Crippen LogP contribution in [0.2, 0.25) is 0 Å². The third-order valence-corrected chi connectivity index (χ3v) is 3.28. The fourth-order valence-electron chi connectivity index (χ4n) is 2.27. The van der Waals surface area contributed by atoms with E-state index in [0.717, 1.165) is 30.7 Å². The van der Waals surface area contributed by atoms with Crippen LogP contribution in [0.25, 0.3) is 11.3 Å². The number of phenols is 1. The van der Waals surface area contributed by atoms with Gasteiger partial charge < -0.3 is 10.4 Å². The van der Waals surface area contributed by atoms with Crippen molar-refractivity contribution in [2.24, 2.45) is 0 Å². The SMILES string of the molecule is Bc1ccc(-c2cc3c(cc2O)CCNC3)nn1. The predicted molar refractivity (Wildman–Crippen MR) is 72.7 cm³/mol. The number of hydrogen-bond donors (Lipinski definition) is 2. The van der Waals surface area contributed by atoms with Gasteiger partial charge in [0.1, 0.15) is 5.75 Å². The van der Waals surface area contributed by atoms with E-state index in [4.69, 9.17) is 0 Å². The van der Waals surface area contributed by atoms with E-state index in [1.165, 1.54) is 11.1 Å². The molecule has 1 aromatic heterocycles. The highest BCUT2D eigenvalue weighted by atomic mass is 16.3. The van der Waals surface area contributed by atoms with Gasteiger partial charge in [-0.2, -0.15) is 10.2 Å². The molecule has 0 amide bonds. The molecule has 1 aliphatic heterocycles. The molecule has 1 aromatic carbocycles. The summed E-state index contributed by atoms with van der Waals surface area (Å²) in [4.78, 5) is 0. The normalized spacial score (nSPS) is 14.2. The molecule has 5 heteroatoms. The van der Waals surface area contributed by atoms with Crippen LogP contribution in [0.15, 0.2) is 24.3 Å². The minimum atomic E-state index is 0.286. The van der Waals surface area contributed by atoms with E-state index < -0.39 is 0 Å². The molecule has 3 rings (SSSR count).